The highest BCUT2D eigenvalue weighted by molar-refractivity contribution is 6.10. The molecule has 2 fully saturated rings. The van der Waals surface area contributed by atoms with E-state index in [0.29, 0.717) is 44.5 Å². The Bertz CT molecular complexity index is 1280. The summed E-state index contributed by atoms with van der Waals surface area (Å²) in [4.78, 5) is 45.6. The van der Waals surface area contributed by atoms with Crippen LogP contribution in [0.5, 0.6) is 0 Å². The number of carbonyl (C=O) groups excluding carboxylic acids is 3. The van der Waals surface area contributed by atoms with Crippen LogP contribution in [-0.2, 0) is 9.59 Å². The number of Topliss-reactive ketones (excluding diaryl/α,β-unsaturated/α-hetero) is 2. The number of hydrogen-bond donors (Lipinski definition) is 0. The molecule has 2 aliphatic rings. The lowest BCUT2D eigenvalue weighted by Gasteiger charge is -2.44. The molecule has 1 aliphatic heterocycles. The Kier molecular flexibility index (Phi) is 6.29. The van der Waals surface area contributed by atoms with Crippen molar-refractivity contribution in [3.63, 3.8) is 0 Å². The molecule has 36 heavy (non-hydrogen) atoms. The van der Waals surface area contributed by atoms with Crippen LogP contribution in [0.2, 0.25) is 0 Å². The number of pyridine rings is 1. The van der Waals surface area contributed by atoms with Crippen LogP contribution < -0.4 is 0 Å². The second kappa shape index (κ2) is 9.41. The van der Waals surface area contributed by atoms with E-state index in [9.17, 15) is 18.8 Å². The Morgan fingerprint density at radius 1 is 0.917 bits per heavy atom. The van der Waals surface area contributed by atoms with Crippen molar-refractivity contribution in [2.75, 3.05) is 13.1 Å². The smallest absolute Gasteiger partial charge is 0.272 e. The summed E-state index contributed by atoms with van der Waals surface area (Å²) in [5, 5.41) is 0. The molecule has 2 aromatic carbocycles. The van der Waals surface area contributed by atoms with E-state index in [4.69, 9.17) is 0 Å². The van der Waals surface area contributed by atoms with Gasteiger partial charge in [0.25, 0.3) is 5.91 Å². The fraction of sp³-hybridized carbons (Fsp3) is 0.333. The number of amides is 1. The number of piperidine rings is 1. The van der Waals surface area contributed by atoms with Crippen LogP contribution in [-0.4, -0.2) is 40.4 Å². The van der Waals surface area contributed by atoms with E-state index in [1.54, 1.807) is 41.4 Å². The molecule has 184 valence electrons. The predicted octanol–water partition coefficient (Wildman–Crippen LogP) is 5.44. The van der Waals surface area contributed by atoms with Crippen molar-refractivity contribution in [3.8, 4) is 11.1 Å². The Hall–Kier alpha value is -3.67. The topological polar surface area (TPSA) is 67.3 Å². The zero-order chi connectivity index (χ0) is 25.4. The van der Waals surface area contributed by atoms with E-state index in [1.807, 2.05) is 26.0 Å². The predicted molar refractivity (Wildman–Crippen MR) is 135 cm³/mol. The summed E-state index contributed by atoms with van der Waals surface area (Å²) in [7, 11) is 0. The lowest BCUT2D eigenvalue weighted by molar-refractivity contribution is -0.138. The molecule has 0 N–H and O–H groups in total. The lowest BCUT2D eigenvalue weighted by Crippen LogP contribution is -2.48. The van der Waals surface area contributed by atoms with Gasteiger partial charge in [-0.15, -0.1) is 0 Å². The minimum atomic E-state index is -0.744. The summed E-state index contributed by atoms with van der Waals surface area (Å²) in [5.74, 6) is -1.20. The largest absolute Gasteiger partial charge is 0.337 e. The van der Waals surface area contributed by atoms with Crippen molar-refractivity contribution in [3.05, 3.63) is 89.0 Å². The minimum absolute atomic E-state index is 0.0310. The molecular weight excluding hydrogens is 455 g/mol. The molecule has 0 radical (unpaired) electrons. The maximum absolute atomic E-state index is 13.5. The first-order chi connectivity index (χ1) is 17.3. The van der Waals surface area contributed by atoms with Crippen LogP contribution in [0.25, 0.3) is 11.1 Å². The molecule has 1 aliphatic carbocycles. The van der Waals surface area contributed by atoms with Crippen molar-refractivity contribution in [2.24, 2.45) is 5.41 Å². The number of aromatic nitrogens is 1. The van der Waals surface area contributed by atoms with Gasteiger partial charge in [-0.05, 0) is 84.2 Å². The number of carbonyl (C=O) groups is 3. The highest BCUT2D eigenvalue weighted by Gasteiger charge is 2.48. The van der Waals surface area contributed by atoms with Gasteiger partial charge >= 0.3 is 0 Å². The zero-order valence-electron chi connectivity index (χ0n) is 20.6. The summed E-state index contributed by atoms with van der Waals surface area (Å²) < 4.78 is 13.3. The van der Waals surface area contributed by atoms with Crippen LogP contribution in [0.4, 0.5) is 4.39 Å². The first kappa shape index (κ1) is 24.0. The number of ketones is 2. The molecule has 6 heteroatoms. The minimum Gasteiger partial charge on any atom is -0.337 e. The molecule has 5 nitrogen and oxygen atoms in total. The van der Waals surface area contributed by atoms with Crippen LogP contribution in [0.1, 0.15) is 58.8 Å². The van der Waals surface area contributed by atoms with Gasteiger partial charge < -0.3 is 4.90 Å². The Labute approximate surface area is 210 Å². The number of likely N-dealkylation sites (tertiary alicyclic amines) is 1. The SMILES string of the molecule is Cc1cc(-c2ccc(F)cc2)cc(C)c1C1C(=O)CC2(CCN(C(=O)c3ccccn3)CC2)CC1=O. The van der Waals surface area contributed by atoms with Gasteiger partial charge in [-0.1, -0.05) is 30.3 Å². The quantitative estimate of drug-likeness (QED) is 0.464. The van der Waals surface area contributed by atoms with Crippen LogP contribution in [0.3, 0.4) is 0 Å². The molecule has 1 aromatic heterocycles. The summed E-state index contributed by atoms with van der Waals surface area (Å²) in [6.45, 7) is 4.90. The van der Waals surface area contributed by atoms with E-state index in [-0.39, 0.29) is 28.7 Å². The van der Waals surface area contributed by atoms with Crippen LogP contribution in [0, 0.1) is 25.1 Å². The molecule has 2 heterocycles. The van der Waals surface area contributed by atoms with E-state index >= 15 is 0 Å². The molecule has 0 atom stereocenters. The molecule has 1 saturated carbocycles. The van der Waals surface area contributed by atoms with Gasteiger partial charge in [0.15, 0.2) is 0 Å². The number of rotatable bonds is 3. The Morgan fingerprint density at radius 3 is 2.08 bits per heavy atom. The number of hydrogen-bond acceptors (Lipinski definition) is 4. The van der Waals surface area contributed by atoms with Gasteiger partial charge in [-0.2, -0.15) is 0 Å². The van der Waals surface area contributed by atoms with E-state index in [0.717, 1.165) is 27.8 Å². The molecule has 1 saturated heterocycles. The zero-order valence-corrected chi connectivity index (χ0v) is 20.6. The average Bonchev–Trinajstić information content (AvgIpc) is 2.86. The van der Waals surface area contributed by atoms with Gasteiger partial charge in [0, 0.05) is 32.1 Å². The Balaban J connectivity index is 1.32. The van der Waals surface area contributed by atoms with E-state index in [1.165, 1.54) is 12.1 Å². The van der Waals surface area contributed by atoms with Crippen molar-refractivity contribution in [1.29, 1.82) is 0 Å². The van der Waals surface area contributed by atoms with Gasteiger partial charge in [0.2, 0.25) is 0 Å². The highest BCUT2D eigenvalue weighted by atomic mass is 19.1. The first-order valence-electron chi connectivity index (χ1n) is 12.4. The highest BCUT2D eigenvalue weighted by Crippen LogP contribution is 2.47. The number of aryl methyl sites for hydroxylation is 2. The fourth-order valence-corrected chi connectivity index (χ4v) is 5.94. The first-order valence-corrected chi connectivity index (χ1v) is 12.4. The second-order valence-electron chi connectivity index (χ2n) is 10.3. The van der Waals surface area contributed by atoms with Gasteiger partial charge in [-0.25, -0.2) is 4.39 Å². The summed E-state index contributed by atoms with van der Waals surface area (Å²) in [6.07, 6.45) is 3.59. The summed E-state index contributed by atoms with van der Waals surface area (Å²) in [6, 6.07) is 15.5. The molecule has 0 unspecified atom stereocenters. The third-order valence-corrected chi connectivity index (χ3v) is 7.80. The molecule has 1 spiro atoms. The second-order valence-corrected chi connectivity index (χ2v) is 10.3. The normalized spacial score (nSPS) is 18.0. The number of halogens is 1. The molecule has 5 rings (SSSR count). The maximum Gasteiger partial charge on any atom is 0.272 e. The molecule has 3 aromatic rings. The van der Waals surface area contributed by atoms with Crippen LogP contribution in [0.15, 0.2) is 60.8 Å². The molecule has 0 bridgehead atoms. The van der Waals surface area contributed by atoms with Gasteiger partial charge in [0.1, 0.15) is 29.0 Å². The molecular formula is C30H29FN2O3. The van der Waals surface area contributed by atoms with Crippen molar-refractivity contribution in [1.82, 2.24) is 9.88 Å². The standard InChI is InChI=1S/C30H29FN2O3/c1-19-15-22(21-6-8-23(31)9-7-21)16-20(2)27(19)28-25(34)17-30(18-26(28)35)10-13-33(14-11-30)29(36)24-5-3-4-12-32-24/h3-9,12,15-16,28H,10-11,13-14,17-18H2,1-2H3. The summed E-state index contributed by atoms with van der Waals surface area (Å²) in [5.41, 5.74) is 4.46. The van der Waals surface area contributed by atoms with Crippen LogP contribution >= 0.6 is 0 Å². The van der Waals surface area contributed by atoms with E-state index < -0.39 is 5.92 Å². The number of benzene rings is 2. The van der Waals surface area contributed by atoms with Gasteiger partial charge in [0.05, 0.1) is 0 Å². The Morgan fingerprint density at radius 2 is 1.53 bits per heavy atom. The van der Waals surface area contributed by atoms with Crippen molar-refractivity contribution >= 4 is 17.5 Å². The van der Waals surface area contributed by atoms with Gasteiger partial charge in [-0.3, -0.25) is 19.4 Å². The van der Waals surface area contributed by atoms with E-state index in [2.05, 4.69) is 4.98 Å². The fourth-order valence-electron chi connectivity index (χ4n) is 5.94. The average molecular weight is 485 g/mol. The molecule has 1 amide bonds. The third kappa shape index (κ3) is 4.48. The summed E-state index contributed by atoms with van der Waals surface area (Å²) >= 11 is 0. The monoisotopic (exact) mass is 484 g/mol. The van der Waals surface area contributed by atoms with Crippen molar-refractivity contribution in [2.45, 2.75) is 45.4 Å². The third-order valence-electron chi connectivity index (χ3n) is 7.80. The van der Waals surface area contributed by atoms with Crippen molar-refractivity contribution < 1.29 is 18.8 Å². The lowest BCUT2D eigenvalue weighted by atomic mass is 9.62. The number of nitrogens with zero attached hydrogens (tertiary/aromatic N) is 2. The maximum atomic E-state index is 13.5.